The minimum absolute atomic E-state index is 0.163. The first-order valence-corrected chi connectivity index (χ1v) is 8.78. The van der Waals surface area contributed by atoms with Gasteiger partial charge in [0.2, 0.25) is 0 Å². The fourth-order valence-corrected chi connectivity index (χ4v) is 3.10. The van der Waals surface area contributed by atoms with Gasteiger partial charge in [-0.25, -0.2) is 0 Å². The Morgan fingerprint density at radius 1 is 1.00 bits per heavy atom. The third kappa shape index (κ3) is 3.38. The number of nitrogens with zero attached hydrogens (tertiary/aromatic N) is 3. The minimum atomic E-state index is -0.163. The van der Waals surface area contributed by atoms with Crippen molar-refractivity contribution < 1.29 is 4.79 Å². The summed E-state index contributed by atoms with van der Waals surface area (Å²) in [7, 11) is 0. The van der Waals surface area contributed by atoms with Gasteiger partial charge in [-0.15, -0.1) is 0 Å². The van der Waals surface area contributed by atoms with E-state index in [1.165, 1.54) is 0 Å². The van der Waals surface area contributed by atoms with Crippen LogP contribution in [0.3, 0.4) is 0 Å². The highest BCUT2D eigenvalue weighted by Gasteiger charge is 2.18. The second-order valence-corrected chi connectivity index (χ2v) is 6.73. The number of aromatic nitrogens is 3. The predicted octanol–water partition coefficient (Wildman–Crippen LogP) is 4.70. The highest BCUT2D eigenvalue weighted by Crippen LogP contribution is 2.24. The van der Waals surface area contributed by atoms with E-state index in [4.69, 9.17) is 0 Å². The van der Waals surface area contributed by atoms with Crippen molar-refractivity contribution in [2.24, 2.45) is 0 Å². The average molecular weight is 348 g/mol. The Kier molecular flexibility index (Phi) is 4.89. The summed E-state index contributed by atoms with van der Waals surface area (Å²) in [5, 5.41) is 7.53. The van der Waals surface area contributed by atoms with Crippen LogP contribution in [0.1, 0.15) is 47.3 Å². The number of benzene rings is 1. The molecular formula is C21H24N4O. The van der Waals surface area contributed by atoms with Gasteiger partial charge < -0.3 is 5.32 Å². The Hall–Kier alpha value is -2.95. The quantitative estimate of drug-likeness (QED) is 0.743. The van der Waals surface area contributed by atoms with Crippen molar-refractivity contribution in [1.29, 1.82) is 0 Å². The smallest absolute Gasteiger partial charge is 0.257 e. The summed E-state index contributed by atoms with van der Waals surface area (Å²) in [5.41, 5.74) is 5.71. The minimum Gasteiger partial charge on any atom is -0.319 e. The number of rotatable bonds is 4. The molecule has 1 aromatic carbocycles. The van der Waals surface area contributed by atoms with E-state index in [2.05, 4.69) is 29.2 Å². The van der Waals surface area contributed by atoms with Crippen LogP contribution in [-0.2, 0) is 0 Å². The molecule has 134 valence electrons. The predicted molar refractivity (Wildman–Crippen MR) is 104 cm³/mol. The first-order valence-electron chi connectivity index (χ1n) is 8.78. The topological polar surface area (TPSA) is 59.8 Å². The molecule has 0 radical (unpaired) electrons. The fraction of sp³-hybridized carbons (Fsp3) is 0.286. The molecule has 2 heterocycles. The van der Waals surface area contributed by atoms with Gasteiger partial charge in [0.15, 0.2) is 0 Å². The summed E-state index contributed by atoms with van der Waals surface area (Å²) in [6, 6.07) is 13.9. The van der Waals surface area contributed by atoms with Crippen LogP contribution in [0.4, 0.5) is 5.69 Å². The number of aryl methyl sites for hydroxylation is 2. The van der Waals surface area contributed by atoms with Gasteiger partial charge in [-0.05, 0) is 46.8 Å². The van der Waals surface area contributed by atoms with Crippen LogP contribution in [0.25, 0.3) is 11.3 Å². The molecule has 2 aromatic heterocycles. The summed E-state index contributed by atoms with van der Waals surface area (Å²) >= 11 is 0. The molecular weight excluding hydrogens is 324 g/mol. The van der Waals surface area contributed by atoms with Gasteiger partial charge in [0.05, 0.1) is 34.0 Å². The molecule has 0 unspecified atom stereocenters. The molecule has 0 bridgehead atoms. The molecule has 0 spiro atoms. The van der Waals surface area contributed by atoms with Crippen molar-refractivity contribution in [1.82, 2.24) is 14.8 Å². The third-order valence-electron chi connectivity index (χ3n) is 4.45. The first kappa shape index (κ1) is 17.9. The Morgan fingerprint density at radius 2 is 1.69 bits per heavy atom. The molecule has 1 amide bonds. The molecule has 0 atom stereocenters. The monoisotopic (exact) mass is 348 g/mol. The van der Waals surface area contributed by atoms with E-state index in [1.807, 2.05) is 67.9 Å². The lowest BCUT2D eigenvalue weighted by Crippen LogP contribution is -2.15. The second-order valence-electron chi connectivity index (χ2n) is 6.73. The van der Waals surface area contributed by atoms with Gasteiger partial charge in [0, 0.05) is 11.6 Å². The van der Waals surface area contributed by atoms with E-state index in [9.17, 15) is 4.79 Å². The Bertz CT molecular complexity index is 942. The summed E-state index contributed by atoms with van der Waals surface area (Å²) in [4.78, 5) is 17.4. The molecule has 0 aliphatic rings. The second kappa shape index (κ2) is 7.12. The number of hydrogen-bond donors (Lipinski definition) is 1. The van der Waals surface area contributed by atoms with Gasteiger partial charge in [-0.1, -0.05) is 30.3 Å². The highest BCUT2D eigenvalue weighted by atomic mass is 16.1. The van der Waals surface area contributed by atoms with E-state index >= 15 is 0 Å². The lowest BCUT2D eigenvalue weighted by molar-refractivity contribution is 0.102. The molecule has 3 rings (SSSR count). The molecule has 26 heavy (non-hydrogen) atoms. The zero-order valence-corrected chi connectivity index (χ0v) is 15.9. The Labute approximate surface area is 154 Å². The van der Waals surface area contributed by atoms with Crippen molar-refractivity contribution in [2.45, 2.75) is 40.7 Å². The van der Waals surface area contributed by atoms with Crippen molar-refractivity contribution in [3.8, 4) is 11.3 Å². The number of anilines is 1. The first-order chi connectivity index (χ1) is 12.4. The SMILES string of the molecule is Cc1nc(-c2ccccc2)ccc1C(=O)Nc1c(C)nn(C(C)C)c1C. The van der Waals surface area contributed by atoms with Crippen molar-refractivity contribution in [3.05, 3.63) is 65.1 Å². The summed E-state index contributed by atoms with van der Waals surface area (Å²) in [6.45, 7) is 9.88. The fourth-order valence-electron chi connectivity index (χ4n) is 3.10. The Balaban J connectivity index is 1.87. The molecule has 5 nitrogen and oxygen atoms in total. The van der Waals surface area contributed by atoms with E-state index < -0.39 is 0 Å². The Morgan fingerprint density at radius 3 is 2.27 bits per heavy atom. The lowest BCUT2D eigenvalue weighted by Gasteiger charge is -2.11. The number of pyridine rings is 1. The standard InChI is InChI=1S/C21H24N4O/c1-13(2)25-16(5)20(15(4)24-25)23-21(26)18-11-12-19(22-14(18)3)17-9-7-6-8-10-17/h6-13H,1-5H3,(H,23,26). The van der Waals surface area contributed by atoms with E-state index in [0.29, 0.717) is 11.3 Å². The molecule has 1 N–H and O–H groups in total. The van der Waals surface area contributed by atoms with Crippen LogP contribution in [0, 0.1) is 20.8 Å². The van der Waals surface area contributed by atoms with Gasteiger partial charge in [-0.3, -0.25) is 14.5 Å². The van der Waals surface area contributed by atoms with Gasteiger partial charge >= 0.3 is 0 Å². The average Bonchev–Trinajstić information content (AvgIpc) is 2.90. The maximum atomic E-state index is 12.8. The van der Waals surface area contributed by atoms with Crippen LogP contribution < -0.4 is 5.32 Å². The number of nitrogens with one attached hydrogen (secondary N) is 1. The van der Waals surface area contributed by atoms with Crippen LogP contribution in [-0.4, -0.2) is 20.7 Å². The van der Waals surface area contributed by atoms with Crippen LogP contribution in [0.2, 0.25) is 0 Å². The van der Waals surface area contributed by atoms with Crippen LogP contribution in [0.5, 0.6) is 0 Å². The van der Waals surface area contributed by atoms with E-state index in [-0.39, 0.29) is 11.9 Å². The summed E-state index contributed by atoms with van der Waals surface area (Å²) in [6.07, 6.45) is 0. The van der Waals surface area contributed by atoms with Crippen molar-refractivity contribution in [2.75, 3.05) is 5.32 Å². The molecule has 0 aliphatic carbocycles. The molecule has 0 fully saturated rings. The number of hydrogen-bond acceptors (Lipinski definition) is 3. The normalized spacial score (nSPS) is 11.0. The maximum absolute atomic E-state index is 12.8. The van der Waals surface area contributed by atoms with E-state index in [0.717, 1.165) is 28.3 Å². The van der Waals surface area contributed by atoms with Crippen LogP contribution in [0.15, 0.2) is 42.5 Å². The van der Waals surface area contributed by atoms with Crippen LogP contribution >= 0.6 is 0 Å². The zero-order valence-electron chi connectivity index (χ0n) is 15.9. The lowest BCUT2D eigenvalue weighted by atomic mass is 10.1. The molecule has 0 saturated heterocycles. The summed E-state index contributed by atoms with van der Waals surface area (Å²) in [5.74, 6) is -0.163. The molecule has 5 heteroatoms. The van der Waals surface area contributed by atoms with Gasteiger partial charge in [0.25, 0.3) is 5.91 Å². The van der Waals surface area contributed by atoms with E-state index in [1.54, 1.807) is 0 Å². The number of carbonyl (C=O) groups is 1. The molecule has 0 aliphatic heterocycles. The van der Waals surface area contributed by atoms with Gasteiger partial charge in [-0.2, -0.15) is 5.10 Å². The number of amides is 1. The largest absolute Gasteiger partial charge is 0.319 e. The third-order valence-corrected chi connectivity index (χ3v) is 4.45. The molecule has 0 saturated carbocycles. The summed E-state index contributed by atoms with van der Waals surface area (Å²) < 4.78 is 1.93. The number of carbonyl (C=O) groups excluding carboxylic acids is 1. The van der Waals surface area contributed by atoms with Crippen molar-refractivity contribution in [3.63, 3.8) is 0 Å². The highest BCUT2D eigenvalue weighted by molar-refractivity contribution is 6.05. The zero-order chi connectivity index (χ0) is 18.8. The van der Waals surface area contributed by atoms with Crippen molar-refractivity contribution >= 4 is 11.6 Å². The maximum Gasteiger partial charge on any atom is 0.257 e. The van der Waals surface area contributed by atoms with Gasteiger partial charge in [0.1, 0.15) is 0 Å². The molecule has 3 aromatic rings.